The first-order valence-electron chi connectivity index (χ1n) is 6.28. The van der Waals surface area contributed by atoms with Gasteiger partial charge in [0.1, 0.15) is 0 Å². The lowest BCUT2D eigenvalue weighted by Crippen LogP contribution is -2.33. The molecule has 0 atom stereocenters. The van der Waals surface area contributed by atoms with Crippen molar-refractivity contribution in [3.8, 4) is 0 Å². The number of nitrogens with two attached hydrogens (primary N) is 1. The van der Waals surface area contributed by atoms with Crippen molar-refractivity contribution in [3.05, 3.63) is 24.3 Å². The highest BCUT2D eigenvalue weighted by Gasteiger charge is 2.18. The molecule has 0 saturated heterocycles. The van der Waals surface area contributed by atoms with Crippen LogP contribution in [-0.4, -0.2) is 22.1 Å². The minimum atomic E-state index is 0.392. The van der Waals surface area contributed by atoms with Crippen LogP contribution in [0, 0.1) is 0 Å². The Hall–Kier alpha value is -1.55. The quantitative estimate of drug-likeness (QED) is 0.741. The highest BCUT2D eigenvalue weighted by atomic mass is 15.1. The van der Waals surface area contributed by atoms with Crippen LogP contribution in [0.5, 0.6) is 0 Å². The third kappa shape index (κ3) is 2.26. The molecule has 1 aliphatic carbocycles. The molecule has 4 nitrogen and oxygen atoms in total. The van der Waals surface area contributed by atoms with Crippen molar-refractivity contribution >= 4 is 17.0 Å². The predicted molar refractivity (Wildman–Crippen MR) is 69.9 cm³/mol. The lowest BCUT2D eigenvalue weighted by Gasteiger charge is -2.26. The van der Waals surface area contributed by atoms with Crippen LogP contribution < -0.4 is 11.1 Å². The number of imidazole rings is 1. The van der Waals surface area contributed by atoms with E-state index in [1.807, 2.05) is 24.3 Å². The first-order valence-corrected chi connectivity index (χ1v) is 6.28. The number of aromatic nitrogens is 2. The maximum Gasteiger partial charge on any atom is 0.201 e. The van der Waals surface area contributed by atoms with Crippen LogP contribution in [0.3, 0.4) is 0 Å². The molecule has 4 N–H and O–H groups in total. The van der Waals surface area contributed by atoms with E-state index in [0.717, 1.165) is 42.7 Å². The first kappa shape index (κ1) is 10.6. The summed E-state index contributed by atoms with van der Waals surface area (Å²) in [7, 11) is 0. The highest BCUT2D eigenvalue weighted by Crippen LogP contribution is 2.21. The number of aromatic amines is 1. The van der Waals surface area contributed by atoms with Crippen molar-refractivity contribution in [1.29, 1.82) is 0 Å². The van der Waals surface area contributed by atoms with Crippen LogP contribution in [0.15, 0.2) is 24.3 Å². The second-order valence-corrected chi connectivity index (χ2v) is 4.86. The summed E-state index contributed by atoms with van der Waals surface area (Å²) in [6.45, 7) is 0. The maximum absolute atomic E-state index is 5.90. The smallest absolute Gasteiger partial charge is 0.201 e. The molecule has 17 heavy (non-hydrogen) atoms. The minimum absolute atomic E-state index is 0.392. The number of hydrogen-bond acceptors (Lipinski definition) is 3. The van der Waals surface area contributed by atoms with Gasteiger partial charge < -0.3 is 16.0 Å². The number of nitrogens with one attached hydrogen (secondary N) is 2. The molecule has 1 saturated carbocycles. The molecule has 1 fully saturated rings. The standard InChI is InChI=1S/C13H18N4/c14-9-5-7-10(8-6-9)15-13-16-11-3-1-2-4-12(11)17-13/h1-4,9-10H,5-8,14H2,(H2,15,16,17). The topological polar surface area (TPSA) is 66.7 Å². The number of nitrogens with zero attached hydrogens (tertiary/aromatic N) is 1. The molecule has 1 aromatic carbocycles. The lowest BCUT2D eigenvalue weighted by atomic mass is 9.92. The fraction of sp³-hybridized carbons (Fsp3) is 0.462. The van der Waals surface area contributed by atoms with Crippen molar-refractivity contribution in [2.75, 3.05) is 5.32 Å². The maximum atomic E-state index is 5.90. The van der Waals surface area contributed by atoms with E-state index in [9.17, 15) is 0 Å². The Balaban J connectivity index is 1.72. The van der Waals surface area contributed by atoms with Gasteiger partial charge in [0.2, 0.25) is 5.95 Å². The molecule has 1 aromatic heterocycles. The third-order valence-corrected chi connectivity index (χ3v) is 3.50. The van der Waals surface area contributed by atoms with Crippen LogP contribution in [0.2, 0.25) is 0 Å². The monoisotopic (exact) mass is 230 g/mol. The zero-order valence-electron chi connectivity index (χ0n) is 9.82. The predicted octanol–water partition coefficient (Wildman–Crippen LogP) is 2.24. The summed E-state index contributed by atoms with van der Waals surface area (Å²) in [5.74, 6) is 0.881. The molecule has 0 bridgehead atoms. The summed E-state index contributed by atoms with van der Waals surface area (Å²) in [4.78, 5) is 7.83. The zero-order valence-corrected chi connectivity index (χ0v) is 9.82. The first-order chi connectivity index (χ1) is 8.31. The van der Waals surface area contributed by atoms with E-state index >= 15 is 0 Å². The van der Waals surface area contributed by atoms with Crippen LogP contribution in [0.25, 0.3) is 11.0 Å². The number of para-hydroxylation sites is 2. The zero-order chi connectivity index (χ0) is 11.7. The van der Waals surface area contributed by atoms with Crippen molar-refractivity contribution < 1.29 is 0 Å². The van der Waals surface area contributed by atoms with E-state index in [4.69, 9.17) is 5.73 Å². The molecule has 1 heterocycles. The van der Waals surface area contributed by atoms with Crippen LogP contribution >= 0.6 is 0 Å². The molecule has 4 heteroatoms. The fourth-order valence-corrected chi connectivity index (χ4v) is 2.48. The fourth-order valence-electron chi connectivity index (χ4n) is 2.48. The van der Waals surface area contributed by atoms with E-state index in [1.165, 1.54) is 0 Å². The van der Waals surface area contributed by atoms with Gasteiger partial charge in [0.15, 0.2) is 0 Å². The number of hydrogen-bond donors (Lipinski definition) is 3. The molecule has 90 valence electrons. The summed E-state index contributed by atoms with van der Waals surface area (Å²) in [6.07, 6.45) is 4.49. The van der Waals surface area contributed by atoms with Gasteiger partial charge in [0.05, 0.1) is 11.0 Å². The van der Waals surface area contributed by atoms with Gasteiger partial charge in [-0.1, -0.05) is 12.1 Å². The van der Waals surface area contributed by atoms with Gasteiger partial charge in [-0.25, -0.2) is 4.98 Å². The van der Waals surface area contributed by atoms with Gasteiger partial charge in [-0.2, -0.15) is 0 Å². The van der Waals surface area contributed by atoms with Gasteiger partial charge in [-0.3, -0.25) is 0 Å². The Morgan fingerprint density at radius 2 is 1.94 bits per heavy atom. The number of anilines is 1. The molecule has 0 spiro atoms. The molecule has 1 aliphatic rings. The van der Waals surface area contributed by atoms with Gasteiger partial charge >= 0.3 is 0 Å². The largest absolute Gasteiger partial charge is 0.353 e. The SMILES string of the molecule is NC1CCC(Nc2nc3ccccc3[nH]2)CC1. The number of fused-ring (bicyclic) bond motifs is 1. The number of benzene rings is 1. The van der Waals surface area contributed by atoms with E-state index in [-0.39, 0.29) is 0 Å². The van der Waals surface area contributed by atoms with Crippen molar-refractivity contribution in [3.63, 3.8) is 0 Å². The van der Waals surface area contributed by atoms with E-state index in [2.05, 4.69) is 15.3 Å². The van der Waals surface area contributed by atoms with Gasteiger partial charge in [0.25, 0.3) is 0 Å². The Labute approximate surface area is 101 Å². The molecule has 0 aliphatic heterocycles. The Bertz CT molecular complexity index is 464. The molecule has 3 rings (SSSR count). The summed E-state index contributed by atoms with van der Waals surface area (Å²) < 4.78 is 0. The van der Waals surface area contributed by atoms with Gasteiger partial charge in [-0.15, -0.1) is 0 Å². The third-order valence-electron chi connectivity index (χ3n) is 3.50. The molecular weight excluding hydrogens is 212 g/mol. The minimum Gasteiger partial charge on any atom is -0.353 e. The molecule has 0 unspecified atom stereocenters. The Morgan fingerprint density at radius 3 is 2.71 bits per heavy atom. The Morgan fingerprint density at radius 1 is 1.18 bits per heavy atom. The normalized spacial score (nSPS) is 25.0. The summed E-state index contributed by atoms with van der Waals surface area (Å²) in [5, 5.41) is 3.47. The van der Waals surface area contributed by atoms with Gasteiger partial charge in [-0.05, 0) is 37.8 Å². The summed E-state index contributed by atoms with van der Waals surface area (Å²) in [5.41, 5.74) is 8.00. The molecule has 2 aromatic rings. The molecular formula is C13H18N4. The average molecular weight is 230 g/mol. The number of rotatable bonds is 2. The second-order valence-electron chi connectivity index (χ2n) is 4.86. The van der Waals surface area contributed by atoms with E-state index in [1.54, 1.807) is 0 Å². The Kier molecular flexibility index (Phi) is 2.73. The average Bonchev–Trinajstić information content (AvgIpc) is 2.74. The van der Waals surface area contributed by atoms with Crippen LogP contribution in [0.4, 0.5) is 5.95 Å². The van der Waals surface area contributed by atoms with Crippen LogP contribution in [-0.2, 0) is 0 Å². The molecule has 0 amide bonds. The molecule has 0 radical (unpaired) electrons. The number of H-pyrrole nitrogens is 1. The van der Waals surface area contributed by atoms with Crippen molar-refractivity contribution in [1.82, 2.24) is 9.97 Å². The van der Waals surface area contributed by atoms with E-state index in [0.29, 0.717) is 12.1 Å². The highest BCUT2D eigenvalue weighted by molar-refractivity contribution is 5.77. The summed E-state index contributed by atoms with van der Waals surface area (Å²) in [6, 6.07) is 8.99. The van der Waals surface area contributed by atoms with Crippen LogP contribution in [0.1, 0.15) is 25.7 Å². The van der Waals surface area contributed by atoms with Gasteiger partial charge in [0, 0.05) is 12.1 Å². The van der Waals surface area contributed by atoms with E-state index < -0.39 is 0 Å². The van der Waals surface area contributed by atoms with Crippen molar-refractivity contribution in [2.24, 2.45) is 5.73 Å². The van der Waals surface area contributed by atoms with Crippen molar-refractivity contribution in [2.45, 2.75) is 37.8 Å². The lowest BCUT2D eigenvalue weighted by molar-refractivity contribution is 0.410. The summed E-state index contributed by atoms with van der Waals surface area (Å²) >= 11 is 0. The second kappa shape index (κ2) is 4.37.